The summed E-state index contributed by atoms with van der Waals surface area (Å²) in [5.41, 5.74) is 3.40. The minimum atomic E-state index is 0.502. The third kappa shape index (κ3) is 2.17. The second-order valence-electron chi connectivity index (χ2n) is 6.26. The van der Waals surface area contributed by atoms with Gasteiger partial charge in [0.05, 0.1) is 10.2 Å². The number of piperidine rings is 1. The molecule has 1 atom stereocenters. The summed E-state index contributed by atoms with van der Waals surface area (Å²) < 4.78 is 1.19. The van der Waals surface area contributed by atoms with E-state index in [9.17, 15) is 0 Å². The maximum atomic E-state index is 4.59. The molecule has 4 aromatic rings. The lowest BCUT2D eigenvalue weighted by Crippen LogP contribution is -2.35. The molecule has 1 saturated heterocycles. The summed E-state index contributed by atoms with van der Waals surface area (Å²) >= 11 is 1.73. The predicted molar refractivity (Wildman–Crippen MR) is 97.7 cm³/mol. The van der Waals surface area contributed by atoms with Gasteiger partial charge in [-0.3, -0.25) is 0 Å². The van der Waals surface area contributed by atoms with Gasteiger partial charge in [0.1, 0.15) is 17.8 Å². The zero-order chi connectivity index (χ0) is 15.9. The first-order valence-corrected chi connectivity index (χ1v) is 9.13. The quantitative estimate of drug-likeness (QED) is 0.602. The fourth-order valence-electron chi connectivity index (χ4n) is 3.74. The Hall–Kier alpha value is -2.47. The summed E-state index contributed by atoms with van der Waals surface area (Å²) in [6, 6.07) is 6.24. The molecule has 5 nitrogen and oxygen atoms in total. The van der Waals surface area contributed by atoms with Gasteiger partial charge in [-0.05, 0) is 42.0 Å². The van der Waals surface area contributed by atoms with Crippen LogP contribution in [0.15, 0.2) is 42.3 Å². The Morgan fingerprint density at radius 2 is 2.21 bits per heavy atom. The number of hydrogen-bond donors (Lipinski definition) is 1. The number of aromatic nitrogens is 4. The number of hydrogen-bond acceptors (Lipinski definition) is 5. The molecular formula is C18H17N5S. The molecule has 1 aliphatic rings. The Balaban J connectivity index is 1.51. The van der Waals surface area contributed by atoms with Gasteiger partial charge in [-0.15, -0.1) is 11.3 Å². The summed E-state index contributed by atoms with van der Waals surface area (Å²) in [5.74, 6) is 1.58. The minimum absolute atomic E-state index is 0.502. The van der Waals surface area contributed by atoms with Crippen molar-refractivity contribution in [3.8, 4) is 0 Å². The van der Waals surface area contributed by atoms with Crippen LogP contribution in [-0.4, -0.2) is 33.0 Å². The van der Waals surface area contributed by atoms with Crippen LogP contribution in [0.5, 0.6) is 0 Å². The van der Waals surface area contributed by atoms with E-state index in [1.807, 2.05) is 12.3 Å². The minimum Gasteiger partial charge on any atom is -0.355 e. The highest BCUT2D eigenvalue weighted by atomic mass is 32.1. The van der Waals surface area contributed by atoms with Crippen LogP contribution in [0.25, 0.3) is 21.3 Å². The molecule has 5 rings (SSSR count). The van der Waals surface area contributed by atoms with E-state index in [1.54, 1.807) is 17.7 Å². The largest absolute Gasteiger partial charge is 0.355 e. The fraction of sp³-hybridized carbons (Fsp3) is 0.278. The van der Waals surface area contributed by atoms with Crippen molar-refractivity contribution in [3.05, 3.63) is 47.9 Å². The maximum absolute atomic E-state index is 4.59. The monoisotopic (exact) mass is 335 g/mol. The Morgan fingerprint density at radius 3 is 3.21 bits per heavy atom. The van der Waals surface area contributed by atoms with Gasteiger partial charge < -0.3 is 9.88 Å². The van der Waals surface area contributed by atoms with Crippen LogP contribution in [-0.2, 0) is 0 Å². The molecule has 0 spiro atoms. The molecule has 0 aliphatic carbocycles. The third-order valence-corrected chi connectivity index (χ3v) is 5.77. The zero-order valence-electron chi connectivity index (χ0n) is 13.1. The molecule has 1 aliphatic heterocycles. The molecule has 1 N–H and O–H groups in total. The van der Waals surface area contributed by atoms with Crippen LogP contribution in [0.3, 0.4) is 0 Å². The smallest absolute Gasteiger partial charge is 0.150 e. The van der Waals surface area contributed by atoms with Crippen LogP contribution in [0.1, 0.15) is 24.3 Å². The molecule has 6 heteroatoms. The van der Waals surface area contributed by atoms with E-state index in [1.165, 1.54) is 28.5 Å². The van der Waals surface area contributed by atoms with Gasteiger partial charge in [0, 0.05) is 36.8 Å². The van der Waals surface area contributed by atoms with E-state index in [4.69, 9.17) is 0 Å². The van der Waals surface area contributed by atoms with Crippen LogP contribution in [0.4, 0.5) is 5.82 Å². The van der Waals surface area contributed by atoms with E-state index in [-0.39, 0.29) is 0 Å². The highest BCUT2D eigenvalue weighted by Crippen LogP contribution is 2.35. The highest BCUT2D eigenvalue weighted by molar-refractivity contribution is 7.17. The summed E-state index contributed by atoms with van der Waals surface area (Å²) in [5, 5.41) is 3.34. The predicted octanol–water partition coefficient (Wildman–Crippen LogP) is 3.95. The molecule has 1 unspecified atom stereocenters. The first-order chi connectivity index (χ1) is 11.9. The topological polar surface area (TPSA) is 57.7 Å². The molecular weight excluding hydrogens is 318 g/mol. The summed E-state index contributed by atoms with van der Waals surface area (Å²) in [6.45, 7) is 2.05. The molecule has 0 bridgehead atoms. The lowest BCUT2D eigenvalue weighted by molar-refractivity contribution is 0.510. The SMILES string of the molecule is c1cnc2[nH]cc(C3CCCN(c4ncnc5ccsc45)C3)c2c1. The molecule has 24 heavy (non-hydrogen) atoms. The van der Waals surface area contributed by atoms with Gasteiger partial charge >= 0.3 is 0 Å². The van der Waals surface area contributed by atoms with Gasteiger partial charge in [-0.2, -0.15) is 0 Å². The van der Waals surface area contributed by atoms with Crippen molar-refractivity contribution in [3.63, 3.8) is 0 Å². The van der Waals surface area contributed by atoms with Crippen LogP contribution in [0.2, 0.25) is 0 Å². The van der Waals surface area contributed by atoms with Crippen LogP contribution < -0.4 is 4.90 Å². The molecule has 4 aromatic heterocycles. The van der Waals surface area contributed by atoms with Gasteiger partial charge in [-0.1, -0.05) is 0 Å². The van der Waals surface area contributed by atoms with Crippen molar-refractivity contribution in [2.75, 3.05) is 18.0 Å². The number of fused-ring (bicyclic) bond motifs is 2. The van der Waals surface area contributed by atoms with Crippen molar-refractivity contribution in [2.45, 2.75) is 18.8 Å². The van der Waals surface area contributed by atoms with E-state index in [0.29, 0.717) is 5.92 Å². The van der Waals surface area contributed by atoms with E-state index in [2.05, 4.69) is 48.5 Å². The zero-order valence-corrected chi connectivity index (χ0v) is 14.0. The number of nitrogens with one attached hydrogen (secondary N) is 1. The Bertz CT molecular complexity index is 1000. The summed E-state index contributed by atoms with van der Waals surface area (Å²) in [7, 11) is 0. The van der Waals surface area contributed by atoms with Crippen molar-refractivity contribution in [1.82, 2.24) is 19.9 Å². The number of thiophene rings is 1. The van der Waals surface area contributed by atoms with Crippen LogP contribution >= 0.6 is 11.3 Å². The third-order valence-electron chi connectivity index (χ3n) is 4.87. The highest BCUT2D eigenvalue weighted by Gasteiger charge is 2.25. The first kappa shape index (κ1) is 13.9. The second-order valence-corrected chi connectivity index (χ2v) is 7.18. The number of pyridine rings is 1. The van der Waals surface area contributed by atoms with E-state index < -0.39 is 0 Å². The molecule has 1 fully saturated rings. The number of H-pyrrole nitrogens is 1. The van der Waals surface area contributed by atoms with E-state index >= 15 is 0 Å². The standard InChI is InChI=1S/C18H17N5S/c1-4-13-14(9-20-17(13)19-6-1)12-3-2-7-23(10-12)18-16-15(5-8-24-16)21-11-22-18/h1,4-6,8-9,11-12H,2-3,7,10H2,(H,19,20). The van der Waals surface area contributed by atoms with Gasteiger partial charge in [0.25, 0.3) is 0 Å². The van der Waals surface area contributed by atoms with Gasteiger partial charge in [0.2, 0.25) is 0 Å². The number of nitrogens with zero attached hydrogens (tertiary/aromatic N) is 4. The number of anilines is 1. The molecule has 120 valence electrons. The Labute approximate surface area is 143 Å². The molecule has 0 amide bonds. The van der Waals surface area contributed by atoms with Gasteiger partial charge in [-0.25, -0.2) is 15.0 Å². The van der Waals surface area contributed by atoms with Crippen molar-refractivity contribution in [2.24, 2.45) is 0 Å². The Morgan fingerprint density at radius 1 is 1.21 bits per heavy atom. The number of rotatable bonds is 2. The Kier molecular flexibility index (Phi) is 3.23. The molecule has 0 aromatic carbocycles. The number of aromatic amines is 1. The summed E-state index contributed by atoms with van der Waals surface area (Å²) in [6.07, 6.45) is 8.03. The average Bonchev–Trinajstić information content (AvgIpc) is 3.28. The molecule has 5 heterocycles. The maximum Gasteiger partial charge on any atom is 0.150 e. The average molecular weight is 335 g/mol. The first-order valence-electron chi connectivity index (χ1n) is 8.25. The lowest BCUT2D eigenvalue weighted by atomic mass is 9.90. The van der Waals surface area contributed by atoms with E-state index in [0.717, 1.165) is 30.1 Å². The van der Waals surface area contributed by atoms with Crippen LogP contribution in [0, 0.1) is 0 Å². The van der Waals surface area contributed by atoms with Crippen molar-refractivity contribution < 1.29 is 0 Å². The lowest BCUT2D eigenvalue weighted by Gasteiger charge is -2.33. The summed E-state index contributed by atoms with van der Waals surface area (Å²) in [4.78, 5) is 19.1. The molecule has 0 saturated carbocycles. The van der Waals surface area contributed by atoms with Crippen molar-refractivity contribution >= 4 is 38.4 Å². The molecule has 0 radical (unpaired) electrons. The normalized spacial score (nSPS) is 18.5. The second kappa shape index (κ2) is 5.56. The van der Waals surface area contributed by atoms with Crippen molar-refractivity contribution in [1.29, 1.82) is 0 Å². The fourth-order valence-corrected chi connectivity index (χ4v) is 4.60. The van der Waals surface area contributed by atoms with Gasteiger partial charge in [0.15, 0.2) is 0 Å².